The maximum absolute atomic E-state index is 4.51. The molecule has 0 aromatic carbocycles. The summed E-state index contributed by atoms with van der Waals surface area (Å²) in [6, 6.07) is 2.40. The summed E-state index contributed by atoms with van der Waals surface area (Å²) in [6.45, 7) is 11.9. The molecule has 0 saturated carbocycles. The molecule has 6 heteroatoms. The summed E-state index contributed by atoms with van der Waals surface area (Å²) in [6.07, 6.45) is 3.76. The third-order valence-corrected chi connectivity index (χ3v) is 2.88. The lowest BCUT2D eigenvalue weighted by Crippen LogP contribution is -2.35. The number of hydrogen-bond acceptors (Lipinski definition) is 4. The van der Waals surface area contributed by atoms with Crippen LogP contribution in [0.3, 0.4) is 0 Å². The summed E-state index contributed by atoms with van der Waals surface area (Å²) in [5.41, 5.74) is 1.07. The molecule has 0 atom stereocenters. The van der Waals surface area contributed by atoms with E-state index in [1.54, 1.807) is 6.33 Å². The minimum absolute atomic E-state index is 0.0709. The van der Waals surface area contributed by atoms with E-state index in [0.29, 0.717) is 19.1 Å². The Kier molecular flexibility index (Phi) is 4.23. The molecule has 2 aromatic heterocycles. The standard InChI is InChI=1S/C14H24N6/c1-11(2)20-7-6-12(17-20)9-19-10-15-13(18-19)8-16-14(3,4)5/h6-7,10-11,16H,8-9H2,1-5H3. The summed E-state index contributed by atoms with van der Waals surface area (Å²) >= 11 is 0. The van der Waals surface area contributed by atoms with E-state index in [1.165, 1.54) is 0 Å². The van der Waals surface area contributed by atoms with Crippen molar-refractivity contribution >= 4 is 0 Å². The Labute approximate surface area is 120 Å². The van der Waals surface area contributed by atoms with Gasteiger partial charge in [0.15, 0.2) is 5.82 Å². The molecule has 0 aliphatic rings. The fourth-order valence-electron chi connectivity index (χ4n) is 1.75. The summed E-state index contributed by atoms with van der Waals surface area (Å²) in [5, 5.41) is 12.3. The molecule has 2 aromatic rings. The summed E-state index contributed by atoms with van der Waals surface area (Å²) in [4.78, 5) is 4.31. The highest BCUT2D eigenvalue weighted by molar-refractivity contribution is 5.00. The molecule has 0 bridgehead atoms. The molecule has 2 rings (SSSR count). The molecular weight excluding hydrogens is 252 g/mol. The third-order valence-electron chi connectivity index (χ3n) is 2.88. The second-order valence-corrected chi connectivity index (χ2v) is 6.34. The maximum Gasteiger partial charge on any atom is 0.164 e. The first-order valence-electron chi connectivity index (χ1n) is 7.01. The minimum Gasteiger partial charge on any atom is -0.305 e. The van der Waals surface area contributed by atoms with E-state index in [-0.39, 0.29) is 5.54 Å². The Hall–Kier alpha value is -1.69. The van der Waals surface area contributed by atoms with E-state index in [9.17, 15) is 0 Å². The number of aromatic nitrogens is 5. The molecule has 0 spiro atoms. The van der Waals surface area contributed by atoms with Gasteiger partial charge < -0.3 is 5.32 Å². The first-order valence-corrected chi connectivity index (χ1v) is 7.01. The number of nitrogens with zero attached hydrogens (tertiary/aromatic N) is 5. The molecule has 0 saturated heterocycles. The molecule has 2 heterocycles. The monoisotopic (exact) mass is 276 g/mol. The van der Waals surface area contributed by atoms with Gasteiger partial charge >= 0.3 is 0 Å². The molecule has 0 radical (unpaired) electrons. The quantitative estimate of drug-likeness (QED) is 0.907. The van der Waals surface area contributed by atoms with Crippen molar-refractivity contribution in [2.24, 2.45) is 0 Å². The van der Waals surface area contributed by atoms with Gasteiger partial charge in [-0.25, -0.2) is 9.67 Å². The van der Waals surface area contributed by atoms with Crippen LogP contribution in [-0.2, 0) is 13.1 Å². The summed E-state index contributed by atoms with van der Waals surface area (Å²) < 4.78 is 3.78. The van der Waals surface area contributed by atoms with Crippen molar-refractivity contribution in [3.63, 3.8) is 0 Å². The van der Waals surface area contributed by atoms with Crippen LogP contribution in [0.25, 0.3) is 0 Å². The zero-order chi connectivity index (χ0) is 14.8. The van der Waals surface area contributed by atoms with E-state index < -0.39 is 0 Å². The van der Waals surface area contributed by atoms with Crippen molar-refractivity contribution in [1.82, 2.24) is 29.9 Å². The van der Waals surface area contributed by atoms with E-state index in [4.69, 9.17) is 0 Å². The first kappa shape index (κ1) is 14.7. The Morgan fingerprint density at radius 1 is 1.25 bits per heavy atom. The first-order chi connectivity index (χ1) is 9.33. The fourth-order valence-corrected chi connectivity index (χ4v) is 1.75. The second-order valence-electron chi connectivity index (χ2n) is 6.34. The highest BCUT2D eigenvalue weighted by Gasteiger charge is 2.11. The normalized spacial score (nSPS) is 12.3. The molecule has 110 valence electrons. The van der Waals surface area contributed by atoms with Gasteiger partial charge in [-0.2, -0.15) is 10.2 Å². The molecule has 0 fully saturated rings. The van der Waals surface area contributed by atoms with E-state index in [2.05, 4.69) is 55.1 Å². The number of rotatable bonds is 5. The molecule has 0 amide bonds. The van der Waals surface area contributed by atoms with Crippen LogP contribution in [0.1, 0.15) is 52.2 Å². The average molecular weight is 276 g/mol. The Morgan fingerprint density at radius 3 is 2.60 bits per heavy atom. The van der Waals surface area contributed by atoms with Gasteiger partial charge in [0.1, 0.15) is 6.33 Å². The van der Waals surface area contributed by atoms with E-state index >= 15 is 0 Å². The number of hydrogen-bond donors (Lipinski definition) is 1. The minimum atomic E-state index is 0.0709. The maximum atomic E-state index is 4.51. The van der Waals surface area contributed by atoms with Crippen LogP contribution >= 0.6 is 0 Å². The van der Waals surface area contributed by atoms with Gasteiger partial charge in [0.05, 0.1) is 18.8 Å². The van der Waals surface area contributed by atoms with Gasteiger partial charge in [-0.3, -0.25) is 4.68 Å². The molecule has 0 unspecified atom stereocenters. The third kappa shape index (κ3) is 4.16. The SMILES string of the molecule is CC(C)n1ccc(Cn2cnc(CNC(C)(C)C)n2)n1. The van der Waals surface area contributed by atoms with E-state index in [0.717, 1.165) is 11.5 Å². The topological polar surface area (TPSA) is 60.6 Å². The fraction of sp³-hybridized carbons (Fsp3) is 0.643. The zero-order valence-electron chi connectivity index (χ0n) is 13.0. The zero-order valence-corrected chi connectivity index (χ0v) is 13.0. The Morgan fingerprint density at radius 2 is 2.00 bits per heavy atom. The van der Waals surface area contributed by atoms with Crippen LogP contribution in [-0.4, -0.2) is 30.1 Å². The lowest BCUT2D eigenvalue weighted by atomic mass is 10.1. The van der Waals surface area contributed by atoms with Crippen LogP contribution in [0.4, 0.5) is 0 Å². The van der Waals surface area contributed by atoms with Crippen LogP contribution in [0.2, 0.25) is 0 Å². The lowest BCUT2D eigenvalue weighted by Gasteiger charge is -2.19. The largest absolute Gasteiger partial charge is 0.305 e. The number of nitrogens with one attached hydrogen (secondary N) is 1. The van der Waals surface area contributed by atoms with Crippen LogP contribution in [0.15, 0.2) is 18.6 Å². The lowest BCUT2D eigenvalue weighted by molar-refractivity contribution is 0.416. The van der Waals surface area contributed by atoms with Crippen molar-refractivity contribution in [2.75, 3.05) is 0 Å². The van der Waals surface area contributed by atoms with Gasteiger partial charge in [0.2, 0.25) is 0 Å². The van der Waals surface area contributed by atoms with Gasteiger partial charge in [-0.05, 0) is 40.7 Å². The van der Waals surface area contributed by atoms with Crippen molar-refractivity contribution in [3.05, 3.63) is 30.1 Å². The van der Waals surface area contributed by atoms with Crippen molar-refractivity contribution in [1.29, 1.82) is 0 Å². The molecule has 1 N–H and O–H groups in total. The predicted molar refractivity (Wildman–Crippen MR) is 78.3 cm³/mol. The second kappa shape index (κ2) is 5.75. The smallest absolute Gasteiger partial charge is 0.164 e. The van der Waals surface area contributed by atoms with Crippen molar-refractivity contribution in [2.45, 2.75) is 59.3 Å². The van der Waals surface area contributed by atoms with Crippen LogP contribution < -0.4 is 5.32 Å². The average Bonchev–Trinajstić information content (AvgIpc) is 2.95. The van der Waals surface area contributed by atoms with Crippen LogP contribution in [0.5, 0.6) is 0 Å². The Balaban J connectivity index is 1.95. The van der Waals surface area contributed by atoms with Gasteiger partial charge in [-0.1, -0.05) is 0 Å². The van der Waals surface area contributed by atoms with Crippen molar-refractivity contribution in [3.8, 4) is 0 Å². The highest BCUT2D eigenvalue weighted by Crippen LogP contribution is 2.06. The predicted octanol–water partition coefficient (Wildman–Crippen LogP) is 1.99. The molecule has 0 aliphatic carbocycles. The van der Waals surface area contributed by atoms with Crippen molar-refractivity contribution < 1.29 is 0 Å². The van der Waals surface area contributed by atoms with Gasteiger partial charge in [-0.15, -0.1) is 0 Å². The molecular formula is C14H24N6. The van der Waals surface area contributed by atoms with Gasteiger partial charge in [0.25, 0.3) is 0 Å². The summed E-state index contributed by atoms with van der Waals surface area (Å²) in [5.74, 6) is 0.809. The molecule has 0 aliphatic heterocycles. The molecule has 6 nitrogen and oxygen atoms in total. The molecule has 20 heavy (non-hydrogen) atoms. The van der Waals surface area contributed by atoms with E-state index in [1.807, 2.05) is 21.6 Å². The van der Waals surface area contributed by atoms with Crippen LogP contribution in [0, 0.1) is 0 Å². The Bertz CT molecular complexity index is 546. The summed E-state index contributed by atoms with van der Waals surface area (Å²) in [7, 11) is 0. The highest BCUT2D eigenvalue weighted by atomic mass is 15.4. The van der Waals surface area contributed by atoms with Gasteiger partial charge in [0, 0.05) is 17.8 Å².